The Bertz CT molecular complexity index is 272. The Morgan fingerprint density at radius 3 is 2.62 bits per heavy atom. The highest BCUT2D eigenvalue weighted by Gasteiger charge is 2.06. The molecule has 0 spiro atoms. The number of nitrogens with one attached hydrogen (secondary N) is 1. The van der Waals surface area contributed by atoms with Crippen LogP contribution in [0.1, 0.15) is 13.8 Å². The Balaban J connectivity index is 2.88. The van der Waals surface area contributed by atoms with Gasteiger partial charge in [-0.1, -0.05) is 0 Å². The van der Waals surface area contributed by atoms with E-state index in [2.05, 4.69) is 34.0 Å². The average molecular weight is 180 g/mol. The first-order valence-corrected chi connectivity index (χ1v) is 4.37. The second kappa shape index (κ2) is 4.07. The summed E-state index contributed by atoms with van der Waals surface area (Å²) in [5.74, 6) is 1.78. The van der Waals surface area contributed by atoms with E-state index in [1.54, 1.807) is 6.33 Å². The van der Waals surface area contributed by atoms with Crippen LogP contribution in [0.3, 0.4) is 0 Å². The largest absolute Gasteiger partial charge is 0.373 e. The van der Waals surface area contributed by atoms with Crippen molar-refractivity contribution in [3.05, 3.63) is 12.4 Å². The summed E-state index contributed by atoms with van der Waals surface area (Å²) in [6.07, 6.45) is 1.57. The highest BCUT2D eigenvalue weighted by molar-refractivity contribution is 5.47. The van der Waals surface area contributed by atoms with Crippen molar-refractivity contribution >= 4 is 11.6 Å². The normalized spacial score (nSPS) is 10.2. The van der Waals surface area contributed by atoms with Gasteiger partial charge in [0, 0.05) is 26.2 Å². The van der Waals surface area contributed by atoms with Gasteiger partial charge in [-0.2, -0.15) is 0 Å². The first-order chi connectivity index (χ1) is 6.15. The van der Waals surface area contributed by atoms with Crippen LogP contribution >= 0.6 is 0 Å². The van der Waals surface area contributed by atoms with E-state index in [1.807, 2.05) is 20.2 Å². The van der Waals surface area contributed by atoms with Gasteiger partial charge in [0.15, 0.2) is 0 Å². The van der Waals surface area contributed by atoms with Crippen molar-refractivity contribution in [1.29, 1.82) is 0 Å². The molecule has 4 heteroatoms. The monoisotopic (exact) mass is 180 g/mol. The molecule has 72 valence electrons. The summed E-state index contributed by atoms with van der Waals surface area (Å²) in [5.41, 5.74) is 0. The fraction of sp³-hybridized carbons (Fsp3) is 0.556. The van der Waals surface area contributed by atoms with Crippen LogP contribution in [0, 0.1) is 0 Å². The Labute approximate surface area is 79.0 Å². The molecule has 0 amide bonds. The van der Waals surface area contributed by atoms with Crippen molar-refractivity contribution in [3.63, 3.8) is 0 Å². The fourth-order valence-electron chi connectivity index (χ4n) is 0.941. The van der Waals surface area contributed by atoms with E-state index in [-0.39, 0.29) is 0 Å². The maximum Gasteiger partial charge on any atom is 0.134 e. The van der Waals surface area contributed by atoms with Crippen molar-refractivity contribution in [1.82, 2.24) is 9.97 Å². The Kier molecular flexibility index (Phi) is 3.06. The third kappa shape index (κ3) is 2.31. The topological polar surface area (TPSA) is 41.0 Å². The Hall–Kier alpha value is -1.32. The fourth-order valence-corrected chi connectivity index (χ4v) is 0.941. The predicted octanol–water partition coefficient (Wildman–Crippen LogP) is 1.36. The predicted molar refractivity (Wildman–Crippen MR) is 55.1 cm³/mol. The van der Waals surface area contributed by atoms with Crippen molar-refractivity contribution in [3.8, 4) is 0 Å². The molecule has 1 rings (SSSR count). The third-order valence-electron chi connectivity index (χ3n) is 2.04. The minimum absolute atomic E-state index is 0.444. The van der Waals surface area contributed by atoms with E-state index in [0.29, 0.717) is 6.04 Å². The molecule has 0 atom stereocenters. The van der Waals surface area contributed by atoms with E-state index in [0.717, 1.165) is 11.6 Å². The van der Waals surface area contributed by atoms with Crippen LogP contribution in [0.5, 0.6) is 0 Å². The summed E-state index contributed by atoms with van der Waals surface area (Å²) >= 11 is 0. The highest BCUT2D eigenvalue weighted by atomic mass is 15.2. The van der Waals surface area contributed by atoms with Crippen LogP contribution in [0.4, 0.5) is 11.6 Å². The molecule has 0 aliphatic heterocycles. The molecular weight excluding hydrogens is 164 g/mol. The van der Waals surface area contributed by atoms with Crippen molar-refractivity contribution in [2.24, 2.45) is 0 Å². The molecule has 0 fully saturated rings. The van der Waals surface area contributed by atoms with Crippen LogP contribution in [0.2, 0.25) is 0 Å². The van der Waals surface area contributed by atoms with Gasteiger partial charge in [-0.3, -0.25) is 0 Å². The Morgan fingerprint density at radius 1 is 1.38 bits per heavy atom. The molecule has 0 bridgehead atoms. The summed E-state index contributed by atoms with van der Waals surface area (Å²) in [6.45, 7) is 4.25. The quantitative estimate of drug-likeness (QED) is 0.762. The van der Waals surface area contributed by atoms with Gasteiger partial charge in [0.05, 0.1) is 0 Å². The van der Waals surface area contributed by atoms with Crippen molar-refractivity contribution < 1.29 is 0 Å². The standard InChI is InChI=1S/C9H16N4/c1-7(2)13(4)9-5-8(10-3)11-6-12-9/h5-7H,1-4H3,(H,10,11,12). The minimum Gasteiger partial charge on any atom is -0.373 e. The SMILES string of the molecule is CNc1cc(N(C)C(C)C)ncn1. The van der Waals surface area contributed by atoms with Crippen molar-refractivity contribution in [2.45, 2.75) is 19.9 Å². The van der Waals surface area contributed by atoms with Crippen LogP contribution in [-0.4, -0.2) is 30.1 Å². The van der Waals surface area contributed by atoms with Crippen LogP contribution in [0.25, 0.3) is 0 Å². The summed E-state index contributed by atoms with van der Waals surface area (Å²) in [4.78, 5) is 10.3. The molecule has 0 saturated carbocycles. The number of nitrogens with zero attached hydrogens (tertiary/aromatic N) is 3. The minimum atomic E-state index is 0.444. The average Bonchev–Trinajstić information content (AvgIpc) is 2.16. The van der Waals surface area contributed by atoms with E-state index >= 15 is 0 Å². The molecule has 0 saturated heterocycles. The first-order valence-electron chi connectivity index (χ1n) is 4.37. The maximum atomic E-state index is 4.18. The molecule has 0 aromatic carbocycles. The lowest BCUT2D eigenvalue weighted by Crippen LogP contribution is -2.26. The van der Waals surface area contributed by atoms with Gasteiger partial charge in [0.25, 0.3) is 0 Å². The smallest absolute Gasteiger partial charge is 0.134 e. The lowest BCUT2D eigenvalue weighted by atomic mass is 10.3. The second-order valence-corrected chi connectivity index (χ2v) is 3.22. The summed E-state index contributed by atoms with van der Waals surface area (Å²) < 4.78 is 0. The van der Waals surface area contributed by atoms with Gasteiger partial charge in [0.1, 0.15) is 18.0 Å². The molecule has 1 aromatic rings. The third-order valence-corrected chi connectivity index (χ3v) is 2.04. The Morgan fingerprint density at radius 2 is 2.08 bits per heavy atom. The number of hydrogen-bond donors (Lipinski definition) is 1. The van der Waals surface area contributed by atoms with Gasteiger partial charge < -0.3 is 10.2 Å². The van der Waals surface area contributed by atoms with E-state index in [1.165, 1.54) is 0 Å². The summed E-state index contributed by atoms with van der Waals surface area (Å²) in [5, 5.41) is 2.98. The molecule has 1 aromatic heterocycles. The van der Waals surface area contributed by atoms with E-state index < -0.39 is 0 Å². The molecule has 0 aliphatic carbocycles. The van der Waals surface area contributed by atoms with Crippen LogP contribution in [0.15, 0.2) is 12.4 Å². The van der Waals surface area contributed by atoms with Gasteiger partial charge in [-0.15, -0.1) is 0 Å². The molecular formula is C9H16N4. The lowest BCUT2D eigenvalue weighted by Gasteiger charge is -2.22. The van der Waals surface area contributed by atoms with Gasteiger partial charge in [-0.05, 0) is 13.8 Å². The zero-order valence-corrected chi connectivity index (χ0v) is 8.57. The molecule has 0 aliphatic rings. The second-order valence-electron chi connectivity index (χ2n) is 3.22. The van der Waals surface area contributed by atoms with Gasteiger partial charge in [0.2, 0.25) is 0 Å². The van der Waals surface area contributed by atoms with Crippen LogP contribution in [-0.2, 0) is 0 Å². The summed E-state index contributed by atoms with van der Waals surface area (Å²) in [6, 6.07) is 2.37. The summed E-state index contributed by atoms with van der Waals surface area (Å²) in [7, 11) is 3.87. The van der Waals surface area contributed by atoms with E-state index in [4.69, 9.17) is 0 Å². The molecule has 4 nitrogen and oxygen atoms in total. The zero-order valence-electron chi connectivity index (χ0n) is 8.57. The molecule has 0 radical (unpaired) electrons. The number of aromatic nitrogens is 2. The molecule has 13 heavy (non-hydrogen) atoms. The molecule has 1 heterocycles. The van der Waals surface area contributed by atoms with Gasteiger partial charge in [-0.25, -0.2) is 9.97 Å². The number of hydrogen-bond acceptors (Lipinski definition) is 4. The lowest BCUT2D eigenvalue weighted by molar-refractivity contribution is 0.742. The van der Waals surface area contributed by atoms with Gasteiger partial charge >= 0.3 is 0 Å². The maximum absolute atomic E-state index is 4.18. The molecule has 1 N–H and O–H groups in total. The zero-order chi connectivity index (χ0) is 9.84. The van der Waals surface area contributed by atoms with Crippen molar-refractivity contribution in [2.75, 3.05) is 24.3 Å². The molecule has 0 unspecified atom stereocenters. The highest BCUT2D eigenvalue weighted by Crippen LogP contribution is 2.13. The number of anilines is 2. The van der Waals surface area contributed by atoms with Crippen LogP contribution < -0.4 is 10.2 Å². The van der Waals surface area contributed by atoms with E-state index in [9.17, 15) is 0 Å². The first kappa shape index (κ1) is 9.77. The number of rotatable bonds is 3.